The van der Waals surface area contributed by atoms with E-state index in [1.165, 1.54) is 25.3 Å². The molecule has 0 aliphatic heterocycles. The lowest BCUT2D eigenvalue weighted by Gasteiger charge is -2.05. The van der Waals surface area contributed by atoms with E-state index in [4.69, 9.17) is 21.5 Å². The van der Waals surface area contributed by atoms with Gasteiger partial charge < -0.3 is 9.94 Å². The Morgan fingerprint density at radius 1 is 1.62 bits per heavy atom. The second-order valence-corrected chi connectivity index (χ2v) is 2.57. The number of nitrogens with zero attached hydrogens (tertiary/aromatic N) is 1. The van der Waals surface area contributed by atoms with Crippen molar-refractivity contribution in [3.8, 4) is 5.75 Å². The monoisotopic (exact) mass is 203 g/mol. The third kappa shape index (κ3) is 1.89. The summed E-state index contributed by atoms with van der Waals surface area (Å²) in [6.07, 6.45) is 0. The highest BCUT2D eigenvalue weighted by atomic mass is 35.5. The molecule has 13 heavy (non-hydrogen) atoms. The van der Waals surface area contributed by atoms with Crippen LogP contribution in [0.3, 0.4) is 0 Å². The maximum atomic E-state index is 13.1. The summed E-state index contributed by atoms with van der Waals surface area (Å²) in [4.78, 5) is 0. The molecule has 70 valence electrons. The second-order valence-electron chi connectivity index (χ2n) is 2.21. The van der Waals surface area contributed by atoms with Crippen molar-refractivity contribution in [2.75, 3.05) is 7.11 Å². The van der Waals surface area contributed by atoms with Gasteiger partial charge in [-0.1, -0.05) is 22.8 Å². The van der Waals surface area contributed by atoms with Crippen LogP contribution in [-0.2, 0) is 0 Å². The molecule has 5 heteroatoms. The predicted octanol–water partition coefficient (Wildman–Crippen LogP) is 2.21. The quantitative estimate of drug-likeness (QED) is 0.455. The predicted molar refractivity (Wildman–Crippen MR) is 47.1 cm³/mol. The van der Waals surface area contributed by atoms with E-state index in [9.17, 15) is 4.39 Å². The first-order chi connectivity index (χ1) is 6.20. The van der Waals surface area contributed by atoms with Crippen molar-refractivity contribution in [2.24, 2.45) is 5.16 Å². The Balaban J connectivity index is 3.31. The standard InChI is InChI=1S/C8H7ClFNO2/c1-13-6-4-2-3-5(10)7(6)8(9)11-12/h2-4,12H,1H3/b11-8-. The number of rotatable bonds is 2. The van der Waals surface area contributed by atoms with Crippen molar-refractivity contribution in [2.45, 2.75) is 0 Å². The third-order valence-corrected chi connectivity index (χ3v) is 1.75. The highest BCUT2D eigenvalue weighted by Gasteiger charge is 2.13. The van der Waals surface area contributed by atoms with Crippen LogP contribution in [0.2, 0.25) is 0 Å². The van der Waals surface area contributed by atoms with Crippen molar-refractivity contribution >= 4 is 16.8 Å². The van der Waals surface area contributed by atoms with Gasteiger partial charge in [-0.2, -0.15) is 0 Å². The van der Waals surface area contributed by atoms with Crippen molar-refractivity contribution in [3.05, 3.63) is 29.6 Å². The van der Waals surface area contributed by atoms with Gasteiger partial charge in [0.15, 0.2) is 5.17 Å². The van der Waals surface area contributed by atoms with E-state index in [-0.39, 0.29) is 16.5 Å². The third-order valence-electron chi connectivity index (χ3n) is 1.49. The molecule has 0 aliphatic carbocycles. The second kappa shape index (κ2) is 4.09. The molecular formula is C8H7ClFNO2. The van der Waals surface area contributed by atoms with Crippen LogP contribution in [0.4, 0.5) is 4.39 Å². The Morgan fingerprint density at radius 3 is 2.85 bits per heavy atom. The molecule has 0 fully saturated rings. The first-order valence-corrected chi connectivity index (χ1v) is 3.79. The summed E-state index contributed by atoms with van der Waals surface area (Å²) < 4.78 is 18.0. The van der Waals surface area contributed by atoms with E-state index in [2.05, 4.69) is 5.16 Å². The Hall–Kier alpha value is -1.29. The maximum absolute atomic E-state index is 13.1. The molecule has 3 nitrogen and oxygen atoms in total. The largest absolute Gasteiger partial charge is 0.496 e. The Kier molecular flexibility index (Phi) is 3.08. The van der Waals surface area contributed by atoms with Gasteiger partial charge in [0.05, 0.1) is 12.7 Å². The van der Waals surface area contributed by atoms with Crippen LogP contribution in [-0.4, -0.2) is 17.5 Å². The number of methoxy groups -OCH3 is 1. The van der Waals surface area contributed by atoms with Crippen LogP contribution >= 0.6 is 11.6 Å². The number of oxime groups is 1. The fourth-order valence-electron chi connectivity index (χ4n) is 0.925. The minimum absolute atomic E-state index is 0.0471. The van der Waals surface area contributed by atoms with Crippen LogP contribution in [0, 0.1) is 5.82 Å². The van der Waals surface area contributed by atoms with Crippen LogP contribution in [0.1, 0.15) is 5.56 Å². The zero-order valence-electron chi connectivity index (χ0n) is 6.79. The lowest BCUT2D eigenvalue weighted by atomic mass is 10.2. The lowest BCUT2D eigenvalue weighted by Crippen LogP contribution is -2.00. The molecule has 0 saturated carbocycles. The van der Waals surface area contributed by atoms with E-state index in [0.29, 0.717) is 0 Å². The summed E-state index contributed by atoms with van der Waals surface area (Å²) in [5.74, 6) is -0.370. The Labute approximate surface area is 79.4 Å². The summed E-state index contributed by atoms with van der Waals surface area (Å²) >= 11 is 5.46. The average molecular weight is 204 g/mol. The molecule has 0 unspecified atom stereocenters. The molecule has 1 aromatic rings. The van der Waals surface area contributed by atoms with Crippen LogP contribution in [0.5, 0.6) is 5.75 Å². The molecule has 0 amide bonds. The molecule has 1 rings (SSSR count). The molecule has 0 heterocycles. The molecule has 1 aromatic carbocycles. The molecule has 0 spiro atoms. The van der Waals surface area contributed by atoms with Gasteiger partial charge in [0.1, 0.15) is 11.6 Å². The van der Waals surface area contributed by atoms with Gasteiger partial charge in [-0.05, 0) is 12.1 Å². The minimum Gasteiger partial charge on any atom is -0.496 e. The highest BCUT2D eigenvalue weighted by molar-refractivity contribution is 6.69. The van der Waals surface area contributed by atoms with Crippen molar-refractivity contribution in [3.63, 3.8) is 0 Å². The zero-order valence-corrected chi connectivity index (χ0v) is 7.55. The van der Waals surface area contributed by atoms with Gasteiger partial charge in [-0.25, -0.2) is 4.39 Å². The average Bonchev–Trinajstić information content (AvgIpc) is 2.16. The molecule has 0 bridgehead atoms. The molecular weight excluding hydrogens is 197 g/mol. The SMILES string of the molecule is COc1cccc(F)c1/C(Cl)=N/O. The fourth-order valence-corrected chi connectivity index (χ4v) is 1.11. The van der Waals surface area contributed by atoms with E-state index < -0.39 is 5.82 Å². The van der Waals surface area contributed by atoms with Crippen LogP contribution in [0.15, 0.2) is 23.4 Å². The van der Waals surface area contributed by atoms with E-state index >= 15 is 0 Å². The van der Waals surface area contributed by atoms with Gasteiger partial charge in [-0.3, -0.25) is 0 Å². The Morgan fingerprint density at radius 2 is 2.31 bits per heavy atom. The summed E-state index contributed by atoms with van der Waals surface area (Å²) in [5.41, 5.74) is -0.0471. The first kappa shape index (κ1) is 9.80. The van der Waals surface area contributed by atoms with Crippen molar-refractivity contribution < 1.29 is 14.3 Å². The summed E-state index contributed by atoms with van der Waals surface area (Å²) in [6.45, 7) is 0. The number of halogens is 2. The summed E-state index contributed by atoms with van der Waals surface area (Å²) in [5, 5.41) is 10.7. The molecule has 0 aliphatic rings. The van der Waals surface area contributed by atoms with Gasteiger partial charge in [0.2, 0.25) is 0 Å². The minimum atomic E-state index is -0.595. The Bertz CT molecular complexity index is 341. The number of hydrogen-bond acceptors (Lipinski definition) is 3. The molecule has 0 saturated heterocycles. The zero-order chi connectivity index (χ0) is 9.84. The first-order valence-electron chi connectivity index (χ1n) is 3.41. The van der Waals surface area contributed by atoms with Gasteiger partial charge >= 0.3 is 0 Å². The van der Waals surface area contributed by atoms with E-state index in [0.717, 1.165) is 0 Å². The van der Waals surface area contributed by atoms with E-state index in [1.807, 2.05) is 0 Å². The van der Waals surface area contributed by atoms with Gasteiger partial charge in [-0.15, -0.1) is 0 Å². The van der Waals surface area contributed by atoms with E-state index in [1.54, 1.807) is 0 Å². The highest BCUT2D eigenvalue weighted by Crippen LogP contribution is 2.23. The van der Waals surface area contributed by atoms with Gasteiger partial charge in [0.25, 0.3) is 0 Å². The molecule has 0 aromatic heterocycles. The number of hydrogen-bond donors (Lipinski definition) is 1. The normalized spacial score (nSPS) is 11.5. The summed E-state index contributed by atoms with van der Waals surface area (Å²) in [6, 6.07) is 4.19. The fraction of sp³-hybridized carbons (Fsp3) is 0.125. The summed E-state index contributed by atoms with van der Waals surface area (Å²) in [7, 11) is 1.37. The van der Waals surface area contributed by atoms with Crippen LogP contribution in [0.25, 0.3) is 0 Å². The van der Waals surface area contributed by atoms with Gasteiger partial charge in [0, 0.05) is 0 Å². The number of benzene rings is 1. The molecule has 1 N–H and O–H groups in total. The van der Waals surface area contributed by atoms with Crippen molar-refractivity contribution in [1.29, 1.82) is 0 Å². The molecule has 0 radical (unpaired) electrons. The maximum Gasteiger partial charge on any atom is 0.182 e. The smallest absolute Gasteiger partial charge is 0.182 e. The van der Waals surface area contributed by atoms with Crippen LogP contribution < -0.4 is 4.74 Å². The number of ether oxygens (including phenoxy) is 1. The lowest BCUT2D eigenvalue weighted by molar-refractivity contribution is 0.320. The topological polar surface area (TPSA) is 41.8 Å². The van der Waals surface area contributed by atoms with Crippen molar-refractivity contribution in [1.82, 2.24) is 0 Å². The molecule has 0 atom stereocenters.